The molecule has 4 aliphatic rings. The predicted molar refractivity (Wildman–Crippen MR) is 88.5 cm³/mol. The first kappa shape index (κ1) is 15.6. The summed E-state index contributed by atoms with van der Waals surface area (Å²) >= 11 is 2.02. The number of piperidine rings is 1. The topological polar surface area (TPSA) is 60.6 Å². The van der Waals surface area contributed by atoms with Gasteiger partial charge in [-0.25, -0.2) is 16.3 Å². The molecule has 3 heterocycles. The molecule has 3 aliphatic heterocycles. The van der Waals surface area contributed by atoms with Crippen LogP contribution in [0.15, 0.2) is 0 Å². The van der Waals surface area contributed by atoms with E-state index in [9.17, 15) is 0 Å². The Balaban J connectivity index is 1.40. The smallest absolute Gasteiger partial charge is 0.136 e. The number of rotatable bonds is 3. The molecule has 1 saturated carbocycles. The van der Waals surface area contributed by atoms with Crippen molar-refractivity contribution in [3.8, 4) is 0 Å². The third kappa shape index (κ3) is 2.92. The number of fused-ring (bicyclic) bond motifs is 1. The molecule has 0 aromatic carbocycles. The maximum Gasteiger partial charge on any atom is 0.136 e. The summed E-state index contributed by atoms with van der Waals surface area (Å²) < 4.78 is 5.76. The van der Waals surface area contributed by atoms with Gasteiger partial charge in [-0.05, 0) is 32.2 Å². The van der Waals surface area contributed by atoms with Gasteiger partial charge in [-0.2, -0.15) is 5.01 Å². The lowest BCUT2D eigenvalue weighted by atomic mass is 9.86. The van der Waals surface area contributed by atoms with Crippen molar-refractivity contribution in [1.82, 2.24) is 26.6 Å². The normalized spacial score (nSPS) is 46.8. The molecule has 7 heteroatoms. The molecule has 0 spiro atoms. The van der Waals surface area contributed by atoms with Crippen LogP contribution in [0.5, 0.6) is 0 Å². The average Bonchev–Trinajstić information content (AvgIpc) is 3.16. The second-order valence-corrected chi connectivity index (χ2v) is 8.23. The molecule has 6 atom stereocenters. The standard InChI is InChI=1S/C15H29N5OS/c1-21-12-7-3-2-6-11(12)14-19-20-13(17-18-15(20)22-14)10-5-4-8-16-9-10/h10-19H,2-9H2,1H3. The fraction of sp³-hybridized carbons (Fsp3) is 1.00. The van der Waals surface area contributed by atoms with E-state index in [2.05, 4.69) is 26.6 Å². The quantitative estimate of drug-likeness (QED) is 0.611. The minimum atomic E-state index is 0.344. The van der Waals surface area contributed by atoms with Gasteiger partial charge in [0, 0.05) is 25.5 Å². The molecule has 0 radical (unpaired) electrons. The molecule has 6 unspecified atom stereocenters. The minimum Gasteiger partial charge on any atom is -0.381 e. The maximum atomic E-state index is 5.76. The van der Waals surface area contributed by atoms with E-state index in [1.807, 2.05) is 18.9 Å². The van der Waals surface area contributed by atoms with Crippen LogP contribution in [0.4, 0.5) is 0 Å². The highest BCUT2D eigenvalue weighted by atomic mass is 32.2. The van der Waals surface area contributed by atoms with Crippen LogP contribution in [0.25, 0.3) is 0 Å². The highest BCUT2D eigenvalue weighted by Gasteiger charge is 2.48. The Morgan fingerprint density at radius 1 is 1.09 bits per heavy atom. The van der Waals surface area contributed by atoms with Gasteiger partial charge in [-0.3, -0.25) is 0 Å². The van der Waals surface area contributed by atoms with Gasteiger partial charge >= 0.3 is 0 Å². The lowest BCUT2D eigenvalue weighted by Gasteiger charge is -2.36. The van der Waals surface area contributed by atoms with E-state index in [-0.39, 0.29) is 0 Å². The van der Waals surface area contributed by atoms with E-state index in [1.54, 1.807) is 0 Å². The van der Waals surface area contributed by atoms with Crippen molar-refractivity contribution in [1.29, 1.82) is 0 Å². The van der Waals surface area contributed by atoms with Crippen LogP contribution in [0.3, 0.4) is 0 Å². The van der Waals surface area contributed by atoms with E-state index in [0.717, 1.165) is 6.54 Å². The van der Waals surface area contributed by atoms with Gasteiger partial charge in [0.15, 0.2) is 0 Å². The summed E-state index contributed by atoms with van der Waals surface area (Å²) in [5, 5.41) is 6.43. The first-order valence-corrected chi connectivity index (χ1v) is 9.75. The summed E-state index contributed by atoms with van der Waals surface area (Å²) in [5.41, 5.74) is 11.1. The van der Waals surface area contributed by atoms with Gasteiger partial charge in [0.25, 0.3) is 0 Å². The van der Waals surface area contributed by atoms with Crippen molar-refractivity contribution in [3.63, 3.8) is 0 Å². The second-order valence-electron chi connectivity index (χ2n) is 7.01. The van der Waals surface area contributed by atoms with Crippen molar-refractivity contribution in [2.45, 2.75) is 61.7 Å². The Bertz CT molecular complexity index is 381. The maximum absolute atomic E-state index is 5.76. The zero-order chi connectivity index (χ0) is 14.9. The molecule has 22 heavy (non-hydrogen) atoms. The Labute approximate surface area is 137 Å². The number of methoxy groups -OCH3 is 1. The molecule has 0 amide bonds. The van der Waals surface area contributed by atoms with Crippen LogP contribution in [0.1, 0.15) is 38.5 Å². The van der Waals surface area contributed by atoms with Crippen LogP contribution in [-0.2, 0) is 4.74 Å². The van der Waals surface area contributed by atoms with Gasteiger partial charge < -0.3 is 10.1 Å². The molecule has 4 N–H and O–H groups in total. The summed E-state index contributed by atoms with van der Waals surface area (Å²) in [5.74, 6) is 1.30. The number of thioether (sulfide) groups is 1. The van der Waals surface area contributed by atoms with Crippen molar-refractivity contribution in [3.05, 3.63) is 0 Å². The second kappa shape index (κ2) is 6.93. The zero-order valence-electron chi connectivity index (χ0n) is 13.4. The predicted octanol–water partition coefficient (Wildman–Crippen LogP) is 0.788. The van der Waals surface area contributed by atoms with E-state index < -0.39 is 0 Å². The monoisotopic (exact) mass is 327 g/mol. The Morgan fingerprint density at radius 2 is 2.00 bits per heavy atom. The third-order valence-corrected chi connectivity index (χ3v) is 7.04. The van der Waals surface area contributed by atoms with Gasteiger partial charge in [0.1, 0.15) is 5.50 Å². The molecule has 126 valence electrons. The first-order chi connectivity index (χ1) is 10.9. The minimum absolute atomic E-state index is 0.344. The van der Waals surface area contributed by atoms with E-state index in [1.165, 1.54) is 45.1 Å². The summed E-state index contributed by atoms with van der Waals surface area (Å²) in [6.45, 7) is 2.28. The van der Waals surface area contributed by atoms with Crippen LogP contribution in [-0.4, -0.2) is 48.3 Å². The van der Waals surface area contributed by atoms with Crippen molar-refractivity contribution >= 4 is 11.8 Å². The summed E-state index contributed by atoms with van der Waals surface area (Å²) in [6.07, 6.45) is 8.55. The Morgan fingerprint density at radius 3 is 2.82 bits per heavy atom. The molecular formula is C15H29N5OS. The molecule has 3 saturated heterocycles. The highest BCUT2D eigenvalue weighted by Crippen LogP contribution is 2.40. The molecule has 0 aromatic heterocycles. The van der Waals surface area contributed by atoms with Gasteiger partial charge in [0.05, 0.1) is 17.6 Å². The molecule has 0 bridgehead atoms. The van der Waals surface area contributed by atoms with Crippen LogP contribution < -0.4 is 21.6 Å². The van der Waals surface area contributed by atoms with Crippen LogP contribution in [0.2, 0.25) is 0 Å². The first-order valence-electron chi connectivity index (χ1n) is 8.81. The third-order valence-electron chi connectivity index (χ3n) is 5.69. The Kier molecular flexibility index (Phi) is 4.92. The molecule has 0 aromatic rings. The summed E-state index contributed by atoms with van der Waals surface area (Å²) in [6, 6.07) is 0. The fourth-order valence-electron chi connectivity index (χ4n) is 4.46. The van der Waals surface area contributed by atoms with Crippen molar-refractivity contribution in [2.75, 3.05) is 20.2 Å². The zero-order valence-corrected chi connectivity index (χ0v) is 14.2. The van der Waals surface area contributed by atoms with E-state index in [0.29, 0.717) is 35.0 Å². The molecule has 1 aliphatic carbocycles. The summed E-state index contributed by atoms with van der Waals surface area (Å²) in [4.78, 5) is 0. The highest BCUT2D eigenvalue weighted by molar-refractivity contribution is 8.00. The van der Waals surface area contributed by atoms with Crippen LogP contribution >= 0.6 is 11.8 Å². The number of hydrogen-bond donors (Lipinski definition) is 4. The Hall–Kier alpha value is 0.110. The van der Waals surface area contributed by atoms with Gasteiger partial charge in [-0.1, -0.05) is 12.8 Å². The molecule has 4 fully saturated rings. The van der Waals surface area contributed by atoms with E-state index >= 15 is 0 Å². The molecule has 6 nitrogen and oxygen atoms in total. The van der Waals surface area contributed by atoms with Crippen molar-refractivity contribution < 1.29 is 4.74 Å². The van der Waals surface area contributed by atoms with Gasteiger partial charge in [0.2, 0.25) is 0 Å². The summed E-state index contributed by atoms with van der Waals surface area (Å²) in [7, 11) is 1.88. The fourth-order valence-corrected chi connectivity index (χ4v) is 5.89. The number of hydrogen-bond acceptors (Lipinski definition) is 7. The number of nitrogens with one attached hydrogen (secondary N) is 4. The average molecular weight is 327 g/mol. The van der Waals surface area contributed by atoms with Crippen LogP contribution in [0, 0.1) is 11.8 Å². The SMILES string of the molecule is COC1CCCCC1C1NN2C(NNC2C2CCCNC2)S1. The molecular weight excluding hydrogens is 298 g/mol. The largest absolute Gasteiger partial charge is 0.381 e. The van der Waals surface area contributed by atoms with Crippen molar-refractivity contribution in [2.24, 2.45) is 11.8 Å². The molecule has 4 rings (SSSR count). The lowest BCUT2D eigenvalue weighted by molar-refractivity contribution is 0.00584. The number of nitrogens with zero attached hydrogens (tertiary/aromatic N) is 1. The lowest BCUT2D eigenvalue weighted by Crippen LogP contribution is -2.54. The van der Waals surface area contributed by atoms with E-state index in [4.69, 9.17) is 4.74 Å². The number of ether oxygens (including phenoxy) is 1. The van der Waals surface area contributed by atoms with Gasteiger partial charge in [-0.15, -0.1) is 11.8 Å². The number of hydrazine groups is 2.